The Labute approximate surface area is 121 Å². The van der Waals surface area contributed by atoms with Crippen LogP contribution in [-0.4, -0.2) is 23.1 Å². The maximum Gasteiger partial charge on any atom is 0.227 e. The van der Waals surface area contributed by atoms with Gasteiger partial charge in [0.1, 0.15) is 5.78 Å². The van der Waals surface area contributed by atoms with Gasteiger partial charge in [-0.15, -0.1) is 0 Å². The minimum Gasteiger partial charge on any atom is -0.335 e. The molecule has 1 aromatic rings. The van der Waals surface area contributed by atoms with Crippen LogP contribution in [0.25, 0.3) is 0 Å². The summed E-state index contributed by atoms with van der Waals surface area (Å²) in [6.07, 6.45) is 0.715. The monoisotopic (exact) mass is 273 g/mol. The van der Waals surface area contributed by atoms with Gasteiger partial charge in [0.2, 0.25) is 5.91 Å². The molecule has 0 bridgehead atoms. The highest BCUT2D eigenvalue weighted by atomic mass is 16.2. The maximum absolute atomic E-state index is 12.6. The fraction of sp³-hybridized carbons (Fsp3) is 0.529. The first-order valence-corrected chi connectivity index (χ1v) is 7.28. The SMILES string of the molecule is CCC1C(=O)N([C@H](C)c2ccccc2)CC1(C)C(C)=O. The van der Waals surface area contributed by atoms with Crippen LogP contribution in [0.5, 0.6) is 0 Å². The average molecular weight is 273 g/mol. The van der Waals surface area contributed by atoms with Gasteiger partial charge in [-0.1, -0.05) is 44.2 Å². The van der Waals surface area contributed by atoms with E-state index in [0.29, 0.717) is 13.0 Å². The summed E-state index contributed by atoms with van der Waals surface area (Å²) in [6, 6.07) is 10.0. The molecule has 0 radical (unpaired) electrons. The normalized spacial score (nSPS) is 27.7. The summed E-state index contributed by atoms with van der Waals surface area (Å²) in [5.41, 5.74) is 0.568. The molecule has 1 aliphatic rings. The van der Waals surface area contributed by atoms with Gasteiger partial charge in [-0.2, -0.15) is 0 Å². The Morgan fingerprint density at radius 1 is 1.40 bits per heavy atom. The van der Waals surface area contributed by atoms with Crippen molar-refractivity contribution >= 4 is 11.7 Å². The first-order chi connectivity index (χ1) is 9.41. The molecule has 1 aromatic carbocycles. The first-order valence-electron chi connectivity index (χ1n) is 7.28. The van der Waals surface area contributed by atoms with E-state index in [9.17, 15) is 9.59 Å². The summed E-state index contributed by atoms with van der Waals surface area (Å²) in [4.78, 5) is 26.5. The number of amides is 1. The minimum atomic E-state index is -0.547. The Morgan fingerprint density at radius 3 is 2.45 bits per heavy atom. The number of nitrogens with zero attached hydrogens (tertiary/aromatic N) is 1. The zero-order valence-electron chi connectivity index (χ0n) is 12.7. The third-order valence-electron chi connectivity index (χ3n) is 4.81. The molecule has 1 saturated heterocycles. The number of hydrogen-bond acceptors (Lipinski definition) is 2. The number of ketones is 1. The third-order valence-corrected chi connectivity index (χ3v) is 4.81. The van der Waals surface area contributed by atoms with Gasteiger partial charge < -0.3 is 4.90 Å². The predicted molar refractivity (Wildman–Crippen MR) is 79.1 cm³/mol. The standard InChI is InChI=1S/C17H23NO2/c1-5-15-16(20)18(11-17(15,4)13(3)19)12(2)14-9-7-6-8-10-14/h6-10,12,15H,5,11H2,1-4H3/t12-,15?,17?/m1/s1. The second kappa shape index (κ2) is 5.39. The van der Waals surface area contributed by atoms with Crippen molar-refractivity contribution in [1.82, 2.24) is 4.90 Å². The molecule has 1 heterocycles. The fourth-order valence-corrected chi connectivity index (χ4v) is 3.24. The van der Waals surface area contributed by atoms with Gasteiger partial charge in [0.15, 0.2) is 0 Å². The van der Waals surface area contributed by atoms with Gasteiger partial charge in [-0.25, -0.2) is 0 Å². The van der Waals surface area contributed by atoms with E-state index in [1.54, 1.807) is 6.92 Å². The van der Waals surface area contributed by atoms with Crippen LogP contribution in [-0.2, 0) is 9.59 Å². The number of carbonyl (C=O) groups is 2. The average Bonchev–Trinajstić information content (AvgIpc) is 2.71. The van der Waals surface area contributed by atoms with E-state index in [2.05, 4.69) is 0 Å². The zero-order valence-corrected chi connectivity index (χ0v) is 12.7. The van der Waals surface area contributed by atoms with Gasteiger partial charge in [-0.3, -0.25) is 9.59 Å². The summed E-state index contributed by atoms with van der Waals surface area (Å²) in [5, 5.41) is 0. The molecule has 1 aliphatic heterocycles. The molecule has 1 fully saturated rings. The molecule has 3 nitrogen and oxygen atoms in total. The molecule has 108 valence electrons. The second-order valence-electron chi connectivity index (χ2n) is 5.99. The lowest BCUT2D eigenvalue weighted by Crippen LogP contribution is -2.34. The first kappa shape index (κ1) is 14.8. The molecule has 3 atom stereocenters. The van der Waals surface area contributed by atoms with Gasteiger partial charge in [0.05, 0.1) is 17.4 Å². The fourth-order valence-electron chi connectivity index (χ4n) is 3.24. The molecule has 0 spiro atoms. The number of rotatable bonds is 4. The van der Waals surface area contributed by atoms with Crippen LogP contribution in [0.2, 0.25) is 0 Å². The van der Waals surface area contributed by atoms with E-state index < -0.39 is 5.41 Å². The largest absolute Gasteiger partial charge is 0.335 e. The molecular formula is C17H23NO2. The molecule has 2 rings (SSSR count). The van der Waals surface area contributed by atoms with Crippen molar-refractivity contribution in [3.63, 3.8) is 0 Å². The predicted octanol–water partition coefficient (Wildman–Crippen LogP) is 3.21. The van der Waals surface area contributed by atoms with Crippen molar-refractivity contribution in [3.05, 3.63) is 35.9 Å². The van der Waals surface area contributed by atoms with E-state index in [-0.39, 0.29) is 23.7 Å². The Hall–Kier alpha value is -1.64. The zero-order chi connectivity index (χ0) is 14.9. The summed E-state index contributed by atoms with van der Waals surface area (Å²) >= 11 is 0. The summed E-state index contributed by atoms with van der Waals surface area (Å²) in [6.45, 7) is 8.08. The molecule has 0 N–H and O–H groups in total. The number of likely N-dealkylation sites (tertiary alicyclic amines) is 1. The third kappa shape index (κ3) is 2.26. The quantitative estimate of drug-likeness (QED) is 0.844. The maximum atomic E-state index is 12.6. The van der Waals surface area contributed by atoms with E-state index in [4.69, 9.17) is 0 Å². The lowest BCUT2D eigenvalue weighted by molar-refractivity contribution is -0.135. The van der Waals surface area contributed by atoms with E-state index in [1.165, 1.54) is 0 Å². The van der Waals surface area contributed by atoms with Crippen molar-refractivity contribution in [3.8, 4) is 0 Å². The highest BCUT2D eigenvalue weighted by Crippen LogP contribution is 2.42. The molecule has 0 aliphatic carbocycles. The van der Waals surface area contributed by atoms with Crippen LogP contribution >= 0.6 is 0 Å². The van der Waals surface area contributed by atoms with E-state index in [1.807, 2.05) is 56.0 Å². The lowest BCUT2D eigenvalue weighted by Gasteiger charge is -2.27. The molecule has 3 heteroatoms. The van der Waals surface area contributed by atoms with Crippen LogP contribution in [0.1, 0.15) is 45.7 Å². The highest BCUT2D eigenvalue weighted by molar-refractivity contribution is 5.94. The molecule has 2 unspecified atom stereocenters. The van der Waals surface area contributed by atoms with E-state index >= 15 is 0 Å². The summed E-state index contributed by atoms with van der Waals surface area (Å²) < 4.78 is 0. The van der Waals surface area contributed by atoms with Crippen molar-refractivity contribution in [2.75, 3.05) is 6.54 Å². The number of carbonyl (C=O) groups excluding carboxylic acids is 2. The van der Waals surface area contributed by atoms with Crippen molar-refractivity contribution in [1.29, 1.82) is 0 Å². The van der Waals surface area contributed by atoms with Crippen LogP contribution in [0.15, 0.2) is 30.3 Å². The minimum absolute atomic E-state index is 0.0129. The summed E-state index contributed by atoms with van der Waals surface area (Å²) in [5.74, 6) is 0.0353. The smallest absolute Gasteiger partial charge is 0.227 e. The molecule has 20 heavy (non-hydrogen) atoms. The molecule has 0 saturated carbocycles. The summed E-state index contributed by atoms with van der Waals surface area (Å²) in [7, 11) is 0. The number of benzene rings is 1. The van der Waals surface area contributed by atoms with Gasteiger partial charge in [0, 0.05) is 6.54 Å². The van der Waals surface area contributed by atoms with Gasteiger partial charge in [0.25, 0.3) is 0 Å². The Balaban J connectivity index is 2.31. The van der Waals surface area contributed by atoms with Crippen molar-refractivity contribution < 1.29 is 9.59 Å². The lowest BCUT2D eigenvalue weighted by atomic mass is 9.75. The number of hydrogen-bond donors (Lipinski definition) is 0. The second-order valence-corrected chi connectivity index (χ2v) is 5.99. The van der Waals surface area contributed by atoms with Crippen LogP contribution in [0, 0.1) is 11.3 Å². The molecular weight excluding hydrogens is 250 g/mol. The highest BCUT2D eigenvalue weighted by Gasteiger charge is 2.52. The van der Waals surface area contributed by atoms with Crippen molar-refractivity contribution in [2.45, 2.75) is 40.2 Å². The topological polar surface area (TPSA) is 37.4 Å². The van der Waals surface area contributed by atoms with Gasteiger partial charge in [-0.05, 0) is 25.8 Å². The molecule has 1 amide bonds. The van der Waals surface area contributed by atoms with Crippen molar-refractivity contribution in [2.24, 2.45) is 11.3 Å². The number of Topliss-reactive ketones (excluding diaryl/α,β-unsaturated/α-hetero) is 1. The Morgan fingerprint density at radius 2 is 2.00 bits per heavy atom. The van der Waals surface area contributed by atoms with Crippen LogP contribution in [0.3, 0.4) is 0 Å². The van der Waals surface area contributed by atoms with E-state index in [0.717, 1.165) is 5.56 Å². The van der Waals surface area contributed by atoms with Crippen LogP contribution < -0.4 is 0 Å². The molecule has 0 aromatic heterocycles. The van der Waals surface area contributed by atoms with Gasteiger partial charge >= 0.3 is 0 Å². The van der Waals surface area contributed by atoms with Crippen LogP contribution in [0.4, 0.5) is 0 Å². The Kier molecular flexibility index (Phi) is 3.98. The Bertz CT molecular complexity index is 511.